The molecule has 3 aliphatic rings. The van der Waals surface area contributed by atoms with Gasteiger partial charge in [0.15, 0.2) is 0 Å². The Morgan fingerprint density at radius 1 is 0.765 bits per heavy atom. The molecule has 4 amide bonds. The van der Waals surface area contributed by atoms with Crippen LogP contribution >= 0.6 is 11.3 Å². The third-order valence-electron chi connectivity index (χ3n) is 13.4. The van der Waals surface area contributed by atoms with Crippen LogP contribution in [0.25, 0.3) is 44.7 Å². The number of halogens is 1. The molecule has 2 aromatic carbocycles. The number of amides is 4. The molecular weight excluding hydrogens is 890 g/mol. The van der Waals surface area contributed by atoms with Crippen LogP contribution in [0.2, 0.25) is 0 Å². The monoisotopic (exact) mass is 947 g/mol. The standard InChI is InChI=1S/C50H58FN9O7S/c1-25(2)39-15-16-40(68-39)48-60-34-14-13-28(32-23-52-44(54-32)35-11-9-17-58(35)46(61)42(26(3)4)56-49(63)65-7)19-30(34)21-37(60)41-31(51)20-29(22-38(41)67-48)33-24-53-45(55-33)36-12-10-18-59(36)47(62)43(27(5)6)57-50(64)66-8/h13-16,19-27,35-36,42-43,48H,9-12,17-18H2,1-8H3,(H,52,54)(H,53,55)(H,56,63)(H,57,64). The Hall–Kier alpha value is -6.69. The lowest BCUT2D eigenvalue weighted by atomic mass is 10.0. The topological polar surface area (TPSA) is 189 Å². The van der Waals surface area contributed by atoms with Gasteiger partial charge < -0.3 is 44.6 Å². The quantitative estimate of drug-likeness (QED) is 0.0927. The van der Waals surface area contributed by atoms with Crippen LogP contribution in [0, 0.1) is 17.7 Å². The van der Waals surface area contributed by atoms with E-state index in [0.717, 1.165) is 46.3 Å². The number of thiophene rings is 1. The Labute approximate surface area is 398 Å². The van der Waals surface area contributed by atoms with Gasteiger partial charge in [0, 0.05) is 34.5 Å². The number of hydrogen-bond donors (Lipinski definition) is 4. The molecule has 0 radical (unpaired) electrons. The van der Waals surface area contributed by atoms with E-state index in [1.807, 2.05) is 52.0 Å². The third-order valence-corrected chi connectivity index (χ3v) is 14.8. The highest BCUT2D eigenvalue weighted by Crippen LogP contribution is 2.49. The van der Waals surface area contributed by atoms with Crippen molar-refractivity contribution in [1.29, 1.82) is 0 Å². The molecule has 0 spiro atoms. The fraction of sp³-hybridized carbons (Fsp3) is 0.440. The van der Waals surface area contributed by atoms with Crippen molar-refractivity contribution in [2.75, 3.05) is 27.3 Å². The molecule has 4 N–H and O–H groups in total. The number of rotatable bonds is 12. The zero-order valence-corrected chi connectivity index (χ0v) is 40.3. The van der Waals surface area contributed by atoms with Gasteiger partial charge in [-0.3, -0.25) is 14.2 Å². The zero-order chi connectivity index (χ0) is 48.1. The number of methoxy groups -OCH3 is 2. The summed E-state index contributed by atoms with van der Waals surface area (Å²) in [5.41, 5.74) is 4.62. The van der Waals surface area contributed by atoms with Gasteiger partial charge in [0.2, 0.25) is 18.0 Å². The van der Waals surface area contributed by atoms with Crippen LogP contribution < -0.4 is 15.4 Å². The van der Waals surface area contributed by atoms with Gasteiger partial charge in [0.1, 0.15) is 35.3 Å². The minimum absolute atomic E-state index is 0.152. The van der Waals surface area contributed by atoms with Crippen molar-refractivity contribution in [3.05, 3.63) is 88.1 Å². The average molecular weight is 948 g/mol. The lowest BCUT2D eigenvalue weighted by Crippen LogP contribution is -2.51. The number of carbonyl (C=O) groups excluding carboxylic acids is 4. The summed E-state index contributed by atoms with van der Waals surface area (Å²) in [6.07, 6.45) is 4.47. The van der Waals surface area contributed by atoms with Gasteiger partial charge in [0.05, 0.1) is 71.7 Å². The average Bonchev–Trinajstić information content (AvgIpc) is 4.18. The van der Waals surface area contributed by atoms with Crippen LogP contribution in [0.5, 0.6) is 5.75 Å². The van der Waals surface area contributed by atoms with Crippen LogP contribution in [-0.2, 0) is 19.1 Å². The maximum atomic E-state index is 16.9. The molecule has 9 rings (SSSR count). The lowest BCUT2D eigenvalue weighted by molar-refractivity contribution is -0.136. The van der Waals surface area contributed by atoms with Gasteiger partial charge in [-0.2, -0.15) is 0 Å². The first-order valence-corrected chi connectivity index (χ1v) is 24.1. The van der Waals surface area contributed by atoms with Crippen LogP contribution in [0.1, 0.15) is 113 Å². The maximum absolute atomic E-state index is 16.9. The van der Waals surface area contributed by atoms with E-state index in [0.29, 0.717) is 65.3 Å². The van der Waals surface area contributed by atoms with Gasteiger partial charge in [-0.05, 0) is 85.9 Å². The van der Waals surface area contributed by atoms with Crippen LogP contribution in [-0.4, -0.2) is 97.7 Å². The predicted octanol–water partition coefficient (Wildman–Crippen LogP) is 9.44. The number of carbonyl (C=O) groups is 4. The number of aromatic nitrogens is 5. The van der Waals surface area contributed by atoms with Gasteiger partial charge in [-0.25, -0.2) is 23.9 Å². The van der Waals surface area contributed by atoms with Crippen LogP contribution in [0.3, 0.4) is 0 Å². The number of nitrogens with one attached hydrogen (secondary N) is 4. The van der Waals surface area contributed by atoms with Crippen molar-refractivity contribution in [2.45, 2.75) is 104 Å². The molecular formula is C50H58FN9O7S. The summed E-state index contributed by atoms with van der Waals surface area (Å²) >= 11 is 1.67. The molecule has 358 valence electrons. The summed E-state index contributed by atoms with van der Waals surface area (Å²) < 4.78 is 35.4. The van der Waals surface area contributed by atoms with Gasteiger partial charge in [0.25, 0.3) is 0 Å². The van der Waals surface area contributed by atoms with E-state index in [4.69, 9.17) is 24.2 Å². The first-order valence-electron chi connectivity index (χ1n) is 23.3. The second-order valence-electron chi connectivity index (χ2n) is 18.8. The minimum Gasteiger partial charge on any atom is -0.464 e. The first kappa shape index (κ1) is 46.4. The van der Waals surface area contributed by atoms with E-state index in [2.05, 4.69) is 57.2 Å². The number of nitrogens with zero attached hydrogens (tertiary/aromatic N) is 5. The van der Waals surface area contributed by atoms with E-state index in [1.165, 1.54) is 25.2 Å². The van der Waals surface area contributed by atoms with E-state index in [-0.39, 0.29) is 35.7 Å². The molecule has 0 bridgehead atoms. The van der Waals surface area contributed by atoms with Crippen molar-refractivity contribution in [2.24, 2.45) is 11.8 Å². The van der Waals surface area contributed by atoms with Gasteiger partial charge in [-0.15, -0.1) is 11.3 Å². The van der Waals surface area contributed by atoms with E-state index >= 15 is 4.39 Å². The second kappa shape index (κ2) is 18.8. The van der Waals surface area contributed by atoms with E-state index in [9.17, 15) is 19.2 Å². The SMILES string of the molecule is COC(=O)NC(C(=O)N1CCCC1c1ncc(-c2cc(F)c3c(c2)OC(c2ccc(C(C)C)s2)n2c-3cc3cc(-c4cnc(C5CCCN5C(=O)C(NC(=O)OC)C(C)C)[nH]4)ccc32)[nH]1)C(C)C. The van der Waals surface area contributed by atoms with Crippen molar-refractivity contribution < 1.29 is 37.8 Å². The van der Waals surface area contributed by atoms with Crippen molar-refractivity contribution in [3.8, 4) is 39.5 Å². The molecule has 68 heavy (non-hydrogen) atoms. The summed E-state index contributed by atoms with van der Waals surface area (Å²) in [6, 6.07) is 13.5. The Morgan fingerprint density at radius 2 is 1.34 bits per heavy atom. The fourth-order valence-corrected chi connectivity index (χ4v) is 10.8. The molecule has 4 aromatic heterocycles. The molecule has 7 heterocycles. The Kier molecular flexibility index (Phi) is 12.8. The molecule has 16 nitrogen and oxygen atoms in total. The maximum Gasteiger partial charge on any atom is 0.407 e. The fourth-order valence-electron chi connectivity index (χ4n) is 9.79. The summed E-state index contributed by atoms with van der Waals surface area (Å²) in [4.78, 5) is 73.9. The highest BCUT2D eigenvalue weighted by molar-refractivity contribution is 7.12. The molecule has 5 atom stereocenters. The number of H-pyrrole nitrogens is 2. The molecule has 5 unspecified atom stereocenters. The minimum atomic E-state index is -0.771. The number of hydrogen-bond acceptors (Lipinski definition) is 10. The molecule has 6 aromatic rings. The first-order chi connectivity index (χ1) is 32.6. The molecule has 3 aliphatic heterocycles. The van der Waals surface area contributed by atoms with Crippen LogP contribution in [0.4, 0.5) is 14.0 Å². The Morgan fingerprint density at radius 3 is 1.87 bits per heavy atom. The normalized spacial score (nSPS) is 18.7. The second-order valence-corrected chi connectivity index (χ2v) is 20.0. The number of aromatic amines is 2. The number of benzene rings is 2. The smallest absolute Gasteiger partial charge is 0.407 e. The Bertz CT molecular complexity index is 2880. The Balaban J connectivity index is 1.03. The predicted molar refractivity (Wildman–Crippen MR) is 255 cm³/mol. The van der Waals surface area contributed by atoms with E-state index < -0.39 is 36.3 Å². The summed E-state index contributed by atoms with van der Waals surface area (Å²) in [5, 5.41) is 6.27. The summed E-state index contributed by atoms with van der Waals surface area (Å²) in [7, 11) is 2.55. The number of ether oxygens (including phenoxy) is 3. The van der Waals surface area contributed by atoms with Crippen molar-refractivity contribution in [1.82, 2.24) is 44.9 Å². The lowest BCUT2D eigenvalue weighted by Gasteiger charge is -2.30. The number of alkyl carbamates (subject to hydrolysis) is 2. The largest absolute Gasteiger partial charge is 0.464 e. The molecule has 0 saturated carbocycles. The molecule has 0 aliphatic carbocycles. The zero-order valence-electron chi connectivity index (χ0n) is 39.5. The van der Waals surface area contributed by atoms with Crippen molar-refractivity contribution in [3.63, 3.8) is 0 Å². The van der Waals surface area contributed by atoms with Gasteiger partial charge >= 0.3 is 12.2 Å². The number of imidazole rings is 2. The summed E-state index contributed by atoms with van der Waals surface area (Å²) in [5.74, 6) is 0.738. The third kappa shape index (κ3) is 8.58. The number of fused-ring (bicyclic) bond motifs is 5. The molecule has 18 heteroatoms. The molecule has 2 fully saturated rings. The number of likely N-dealkylation sites (tertiary alicyclic amines) is 2. The highest BCUT2D eigenvalue weighted by atomic mass is 32.1. The molecule has 2 saturated heterocycles. The van der Waals surface area contributed by atoms with Gasteiger partial charge in [-0.1, -0.05) is 47.6 Å². The van der Waals surface area contributed by atoms with E-state index in [1.54, 1.807) is 33.5 Å². The highest BCUT2D eigenvalue weighted by Gasteiger charge is 2.40. The summed E-state index contributed by atoms with van der Waals surface area (Å²) in [6.45, 7) is 12.9. The van der Waals surface area contributed by atoms with Crippen LogP contribution in [0.15, 0.2) is 60.9 Å². The van der Waals surface area contributed by atoms with Crippen molar-refractivity contribution >= 4 is 46.2 Å².